The van der Waals surface area contributed by atoms with Gasteiger partial charge in [-0.05, 0) is 17.9 Å². The highest BCUT2D eigenvalue weighted by atomic mass is 15.2. The van der Waals surface area contributed by atoms with Gasteiger partial charge in [0.2, 0.25) is 0 Å². The van der Waals surface area contributed by atoms with Gasteiger partial charge in [-0.25, -0.2) is 0 Å². The van der Waals surface area contributed by atoms with E-state index in [1.165, 1.54) is 6.42 Å². The van der Waals surface area contributed by atoms with Gasteiger partial charge in [0.05, 0.1) is 0 Å². The van der Waals surface area contributed by atoms with Crippen LogP contribution in [-0.2, 0) is 0 Å². The molecule has 0 saturated carbocycles. The smallest absolute Gasteiger partial charge is 0.0432 e. The Morgan fingerprint density at radius 1 is 1.42 bits per heavy atom. The van der Waals surface area contributed by atoms with Crippen molar-refractivity contribution in [2.45, 2.75) is 52.5 Å². The zero-order valence-electron chi connectivity index (χ0n) is 8.54. The van der Waals surface area contributed by atoms with Crippen LogP contribution in [0.2, 0.25) is 0 Å². The van der Waals surface area contributed by atoms with E-state index in [-0.39, 0.29) is 5.54 Å². The van der Waals surface area contributed by atoms with E-state index in [2.05, 4.69) is 23.9 Å². The molecule has 0 unspecified atom stereocenters. The van der Waals surface area contributed by atoms with Gasteiger partial charge in [-0.3, -0.25) is 0 Å². The van der Waals surface area contributed by atoms with E-state index >= 15 is 0 Å². The Kier molecular flexibility index (Phi) is 4.75. The maximum absolute atomic E-state index is 8.27. The van der Waals surface area contributed by atoms with Gasteiger partial charge in [0.25, 0.3) is 0 Å². The van der Waals surface area contributed by atoms with Gasteiger partial charge >= 0.3 is 0 Å². The SMILES string of the molecule is CC(C)CCCC(C)(C)N=[N+]=[N-]. The number of hydrogen-bond donors (Lipinski definition) is 0. The molecule has 0 amide bonds. The zero-order valence-corrected chi connectivity index (χ0v) is 8.54. The molecule has 0 radical (unpaired) electrons. The molecule has 0 aromatic heterocycles. The van der Waals surface area contributed by atoms with Crippen molar-refractivity contribution in [1.82, 2.24) is 0 Å². The van der Waals surface area contributed by atoms with E-state index in [4.69, 9.17) is 5.53 Å². The summed E-state index contributed by atoms with van der Waals surface area (Å²) in [6.45, 7) is 8.38. The Hall–Kier alpha value is -0.690. The molecule has 3 nitrogen and oxygen atoms in total. The molecule has 0 saturated heterocycles. The number of azide groups is 1. The van der Waals surface area contributed by atoms with Crippen molar-refractivity contribution >= 4 is 0 Å². The van der Waals surface area contributed by atoms with Crippen LogP contribution in [0, 0.1) is 5.92 Å². The van der Waals surface area contributed by atoms with Gasteiger partial charge in [-0.2, -0.15) is 0 Å². The molecule has 0 heterocycles. The molecule has 0 atom stereocenters. The summed E-state index contributed by atoms with van der Waals surface area (Å²) in [4.78, 5) is 2.83. The lowest BCUT2D eigenvalue weighted by molar-refractivity contribution is 0.422. The average Bonchev–Trinajstić information content (AvgIpc) is 1.85. The quantitative estimate of drug-likeness (QED) is 0.340. The largest absolute Gasteiger partial charge is 0.0878 e. The summed E-state index contributed by atoms with van der Waals surface area (Å²) in [5, 5.41) is 3.73. The predicted molar refractivity (Wildman–Crippen MR) is 51.9 cm³/mol. The van der Waals surface area contributed by atoms with Crippen molar-refractivity contribution in [2.75, 3.05) is 0 Å². The standard InChI is InChI=1S/C9H19N3/c1-8(2)6-5-7-9(3,4)11-12-10/h8H,5-7H2,1-4H3. The van der Waals surface area contributed by atoms with Crippen LogP contribution in [0.4, 0.5) is 0 Å². The number of rotatable bonds is 5. The lowest BCUT2D eigenvalue weighted by Gasteiger charge is -2.17. The summed E-state index contributed by atoms with van der Waals surface area (Å²) in [5.74, 6) is 0.742. The van der Waals surface area contributed by atoms with Crippen molar-refractivity contribution in [1.29, 1.82) is 0 Å². The normalized spacial score (nSPS) is 11.4. The van der Waals surface area contributed by atoms with E-state index in [9.17, 15) is 0 Å². The summed E-state index contributed by atoms with van der Waals surface area (Å²) in [5.41, 5.74) is 8.06. The molecule has 0 aromatic carbocycles. The summed E-state index contributed by atoms with van der Waals surface area (Å²) in [7, 11) is 0. The first-order valence-corrected chi connectivity index (χ1v) is 4.54. The van der Waals surface area contributed by atoms with E-state index in [1.54, 1.807) is 0 Å². The molecule has 0 aliphatic carbocycles. The minimum Gasteiger partial charge on any atom is -0.0878 e. The molecule has 0 N–H and O–H groups in total. The Labute approximate surface area is 74.8 Å². The van der Waals surface area contributed by atoms with Crippen molar-refractivity contribution in [3.63, 3.8) is 0 Å². The third-order valence-electron chi connectivity index (χ3n) is 1.89. The van der Waals surface area contributed by atoms with Crippen molar-refractivity contribution < 1.29 is 0 Å². The highest BCUT2D eigenvalue weighted by molar-refractivity contribution is 4.77. The predicted octanol–water partition coefficient (Wildman–Crippen LogP) is 3.90. The van der Waals surface area contributed by atoms with Crippen LogP contribution in [0.3, 0.4) is 0 Å². The molecule has 12 heavy (non-hydrogen) atoms. The number of nitrogens with zero attached hydrogens (tertiary/aromatic N) is 3. The van der Waals surface area contributed by atoms with Crippen LogP contribution in [0.15, 0.2) is 5.11 Å². The Balaban J connectivity index is 3.68. The van der Waals surface area contributed by atoms with Gasteiger partial charge in [0.1, 0.15) is 0 Å². The molecule has 0 bridgehead atoms. The lowest BCUT2D eigenvalue weighted by atomic mass is 9.96. The van der Waals surface area contributed by atoms with Crippen LogP contribution in [0.25, 0.3) is 10.4 Å². The van der Waals surface area contributed by atoms with Crippen LogP contribution in [0.1, 0.15) is 47.0 Å². The maximum atomic E-state index is 8.27. The molecule has 0 aromatic rings. The van der Waals surface area contributed by atoms with E-state index in [1.807, 2.05) is 13.8 Å². The summed E-state index contributed by atoms with van der Waals surface area (Å²) in [6.07, 6.45) is 3.34. The second kappa shape index (κ2) is 5.04. The summed E-state index contributed by atoms with van der Waals surface area (Å²) < 4.78 is 0. The molecular formula is C9H19N3. The van der Waals surface area contributed by atoms with E-state index in [0.717, 1.165) is 18.8 Å². The molecule has 70 valence electrons. The first kappa shape index (κ1) is 11.3. The van der Waals surface area contributed by atoms with E-state index in [0.29, 0.717) is 0 Å². The molecule has 0 fully saturated rings. The second-order valence-electron chi connectivity index (χ2n) is 4.29. The highest BCUT2D eigenvalue weighted by Crippen LogP contribution is 2.19. The van der Waals surface area contributed by atoms with Gasteiger partial charge in [0.15, 0.2) is 0 Å². The summed E-state index contributed by atoms with van der Waals surface area (Å²) in [6, 6.07) is 0. The number of hydrogen-bond acceptors (Lipinski definition) is 1. The second-order valence-corrected chi connectivity index (χ2v) is 4.29. The van der Waals surface area contributed by atoms with Crippen LogP contribution in [0.5, 0.6) is 0 Å². The van der Waals surface area contributed by atoms with Gasteiger partial charge < -0.3 is 0 Å². The van der Waals surface area contributed by atoms with Crippen molar-refractivity contribution in [3.8, 4) is 0 Å². The van der Waals surface area contributed by atoms with Crippen molar-refractivity contribution in [2.24, 2.45) is 11.0 Å². The molecule has 0 rings (SSSR count). The molecule has 0 aliphatic heterocycles. The van der Waals surface area contributed by atoms with Crippen LogP contribution in [-0.4, -0.2) is 5.54 Å². The van der Waals surface area contributed by atoms with Gasteiger partial charge in [-0.15, -0.1) is 0 Å². The Morgan fingerprint density at radius 3 is 2.42 bits per heavy atom. The van der Waals surface area contributed by atoms with Crippen LogP contribution < -0.4 is 0 Å². The fourth-order valence-corrected chi connectivity index (χ4v) is 1.11. The molecule has 0 spiro atoms. The lowest BCUT2D eigenvalue weighted by Crippen LogP contribution is -2.15. The first-order valence-electron chi connectivity index (χ1n) is 4.54. The van der Waals surface area contributed by atoms with Gasteiger partial charge in [-0.1, -0.05) is 45.7 Å². The molecular weight excluding hydrogens is 150 g/mol. The third kappa shape index (κ3) is 6.05. The third-order valence-corrected chi connectivity index (χ3v) is 1.89. The monoisotopic (exact) mass is 169 g/mol. The minimum absolute atomic E-state index is 0.205. The summed E-state index contributed by atoms with van der Waals surface area (Å²) >= 11 is 0. The molecule has 3 heteroatoms. The van der Waals surface area contributed by atoms with E-state index < -0.39 is 0 Å². The minimum atomic E-state index is -0.205. The first-order chi connectivity index (χ1) is 5.48. The molecule has 0 aliphatic rings. The van der Waals surface area contributed by atoms with Crippen molar-refractivity contribution in [3.05, 3.63) is 10.4 Å². The highest BCUT2D eigenvalue weighted by Gasteiger charge is 2.14. The zero-order chi connectivity index (χ0) is 9.61. The maximum Gasteiger partial charge on any atom is 0.0432 e. The Morgan fingerprint density at radius 2 is 2.00 bits per heavy atom. The Bertz CT molecular complexity index is 167. The fourth-order valence-electron chi connectivity index (χ4n) is 1.11. The van der Waals surface area contributed by atoms with Gasteiger partial charge in [0, 0.05) is 10.5 Å². The van der Waals surface area contributed by atoms with Crippen LogP contribution >= 0.6 is 0 Å². The topological polar surface area (TPSA) is 48.8 Å². The fraction of sp³-hybridized carbons (Fsp3) is 1.00. The average molecular weight is 169 g/mol.